The Kier molecular flexibility index (Phi) is 7.75. The maximum Gasteiger partial charge on any atom is 0.196 e. The maximum absolute atomic E-state index is 14.9. The first-order chi connectivity index (χ1) is 17.2. The minimum atomic E-state index is -1.75. The Bertz CT molecular complexity index is 1310. The van der Waals surface area contributed by atoms with Gasteiger partial charge < -0.3 is 9.47 Å². The molecule has 0 aliphatic carbocycles. The summed E-state index contributed by atoms with van der Waals surface area (Å²) in [4.78, 5) is -1.01. The van der Waals surface area contributed by atoms with Crippen LogP contribution < -0.4 is 9.47 Å². The molecule has 2 nitrogen and oxygen atoms in total. The summed E-state index contributed by atoms with van der Waals surface area (Å²) in [5.74, 6) is -9.83. The molecule has 0 N–H and O–H groups in total. The Morgan fingerprint density at radius 3 is 1.14 bits per heavy atom. The predicted molar refractivity (Wildman–Crippen MR) is 127 cm³/mol. The molecule has 4 aromatic rings. The monoisotopic (exact) mass is 538 g/mol. The van der Waals surface area contributed by atoms with E-state index < -0.39 is 44.7 Å². The molecule has 0 aliphatic heterocycles. The van der Waals surface area contributed by atoms with Gasteiger partial charge in [-0.15, -0.1) is 0 Å². The number of rotatable bonds is 7. The average molecular weight is 539 g/mol. The number of hydrogen-bond acceptors (Lipinski definition) is 4. The van der Waals surface area contributed by atoms with E-state index in [9.17, 15) is 26.3 Å². The van der Waals surface area contributed by atoms with Crippen LogP contribution in [0.5, 0.6) is 23.0 Å². The topological polar surface area (TPSA) is 18.5 Å². The van der Waals surface area contributed by atoms with E-state index in [1.165, 1.54) is 38.1 Å². The number of hydrogen-bond donors (Lipinski definition) is 0. The molecule has 0 aromatic heterocycles. The first-order valence-corrected chi connectivity index (χ1v) is 12.5. The van der Waals surface area contributed by atoms with Gasteiger partial charge >= 0.3 is 0 Å². The summed E-state index contributed by atoms with van der Waals surface area (Å²) in [7, 11) is 0.892. The zero-order chi connectivity index (χ0) is 26.0. The van der Waals surface area contributed by atoms with Crippen molar-refractivity contribution in [2.24, 2.45) is 0 Å². The summed E-state index contributed by atoms with van der Waals surface area (Å²) in [5.41, 5.74) is -0.660. The molecule has 0 fully saturated rings. The highest BCUT2D eigenvalue weighted by molar-refractivity contribution is 8.76. The van der Waals surface area contributed by atoms with Gasteiger partial charge in [-0.2, -0.15) is 0 Å². The van der Waals surface area contributed by atoms with Crippen LogP contribution in [0.1, 0.15) is 11.1 Å². The summed E-state index contributed by atoms with van der Waals surface area (Å²) >= 11 is 0. The molecule has 0 heterocycles. The van der Waals surface area contributed by atoms with E-state index in [2.05, 4.69) is 0 Å². The number of benzene rings is 4. The maximum atomic E-state index is 14.9. The molecule has 0 aliphatic rings. The molecule has 0 bridgehead atoms. The fourth-order valence-corrected chi connectivity index (χ4v) is 5.58. The van der Waals surface area contributed by atoms with Gasteiger partial charge in [-0.3, -0.25) is 0 Å². The van der Waals surface area contributed by atoms with Crippen LogP contribution in [-0.4, -0.2) is 0 Å². The minimum Gasteiger partial charge on any atom is -0.456 e. The third-order valence-electron chi connectivity index (χ3n) is 5.06. The molecule has 0 radical (unpaired) electrons. The lowest BCUT2D eigenvalue weighted by Crippen LogP contribution is -2.03. The van der Waals surface area contributed by atoms with E-state index in [1.807, 2.05) is 0 Å². The summed E-state index contributed by atoms with van der Waals surface area (Å²) < 4.78 is 98.3. The molecule has 10 heteroatoms. The SMILES string of the molecule is Cc1c(F)c(F)c(F)c(SSc2c(F)c(F)c(F)c(C)c2Oc2ccccc2)c1Oc1ccccc1. The zero-order valence-electron chi connectivity index (χ0n) is 18.7. The van der Waals surface area contributed by atoms with Crippen molar-refractivity contribution >= 4 is 21.6 Å². The van der Waals surface area contributed by atoms with Gasteiger partial charge in [0.25, 0.3) is 0 Å². The third-order valence-corrected chi connectivity index (χ3v) is 7.45. The molecule has 0 saturated carbocycles. The van der Waals surface area contributed by atoms with E-state index in [4.69, 9.17) is 9.47 Å². The number of halogens is 6. The van der Waals surface area contributed by atoms with Crippen LogP contribution in [0.4, 0.5) is 26.3 Å². The van der Waals surface area contributed by atoms with Crippen LogP contribution in [0.25, 0.3) is 0 Å². The quantitative estimate of drug-likeness (QED) is 0.132. The Morgan fingerprint density at radius 1 is 0.472 bits per heavy atom. The summed E-state index contributed by atoms with van der Waals surface area (Å²) in [6.07, 6.45) is 0. The zero-order valence-corrected chi connectivity index (χ0v) is 20.3. The van der Waals surface area contributed by atoms with Crippen molar-refractivity contribution in [1.82, 2.24) is 0 Å². The molecule has 36 heavy (non-hydrogen) atoms. The van der Waals surface area contributed by atoms with Gasteiger partial charge in [-0.1, -0.05) is 36.4 Å². The fourth-order valence-electron chi connectivity index (χ4n) is 3.15. The van der Waals surface area contributed by atoms with Crippen LogP contribution in [0.3, 0.4) is 0 Å². The van der Waals surface area contributed by atoms with Crippen molar-refractivity contribution in [2.45, 2.75) is 23.6 Å². The normalized spacial score (nSPS) is 11.0. The first-order valence-electron chi connectivity index (χ1n) is 10.3. The predicted octanol–water partition coefficient (Wildman–Crippen LogP) is 9.52. The standard InChI is InChI=1S/C26H16F6O2S2/c1-13-17(27)19(29)21(31)25(23(13)33-15-9-5-3-6-10-15)35-36-26-22(32)20(30)18(28)14(2)24(26)34-16-11-7-4-8-12-16/h3-12H,1-2H3. The average Bonchev–Trinajstić information content (AvgIpc) is 2.90. The van der Waals surface area contributed by atoms with Crippen molar-refractivity contribution in [3.63, 3.8) is 0 Å². The lowest BCUT2D eigenvalue weighted by atomic mass is 10.2. The lowest BCUT2D eigenvalue weighted by Gasteiger charge is -2.18. The largest absolute Gasteiger partial charge is 0.456 e. The highest BCUT2D eigenvalue weighted by atomic mass is 33.1. The number of ether oxygens (including phenoxy) is 2. The Morgan fingerprint density at radius 2 is 0.806 bits per heavy atom. The van der Waals surface area contributed by atoms with Gasteiger partial charge in [0.2, 0.25) is 0 Å². The van der Waals surface area contributed by atoms with Gasteiger partial charge in [-0.25, -0.2) is 26.3 Å². The van der Waals surface area contributed by atoms with Gasteiger partial charge in [-0.05, 0) is 59.7 Å². The van der Waals surface area contributed by atoms with Crippen molar-refractivity contribution < 1.29 is 35.8 Å². The van der Waals surface area contributed by atoms with Crippen molar-refractivity contribution in [1.29, 1.82) is 0 Å². The summed E-state index contributed by atoms with van der Waals surface area (Å²) in [6.45, 7) is 2.38. The van der Waals surface area contributed by atoms with E-state index in [-0.39, 0.29) is 34.1 Å². The van der Waals surface area contributed by atoms with Crippen LogP contribution >= 0.6 is 21.6 Å². The van der Waals surface area contributed by atoms with Crippen molar-refractivity contribution in [2.75, 3.05) is 0 Å². The summed E-state index contributed by atoms with van der Waals surface area (Å²) in [5, 5.41) is 0. The second-order valence-corrected chi connectivity index (χ2v) is 9.60. The van der Waals surface area contributed by atoms with Crippen LogP contribution in [-0.2, 0) is 0 Å². The first kappa shape index (κ1) is 25.8. The number of para-hydroxylation sites is 2. The van der Waals surface area contributed by atoms with Crippen molar-refractivity contribution in [3.05, 3.63) is 107 Å². The molecule has 4 aromatic carbocycles. The molecule has 0 spiro atoms. The van der Waals surface area contributed by atoms with Crippen molar-refractivity contribution in [3.8, 4) is 23.0 Å². The fraction of sp³-hybridized carbons (Fsp3) is 0.0769. The van der Waals surface area contributed by atoms with E-state index >= 15 is 0 Å². The molecule has 4 rings (SSSR count). The van der Waals surface area contributed by atoms with E-state index in [0.29, 0.717) is 21.6 Å². The van der Waals surface area contributed by atoms with Gasteiger partial charge in [0.15, 0.2) is 46.4 Å². The smallest absolute Gasteiger partial charge is 0.196 e. The van der Waals surface area contributed by atoms with Gasteiger partial charge in [0.1, 0.15) is 21.3 Å². The van der Waals surface area contributed by atoms with Crippen LogP contribution in [0.15, 0.2) is 70.5 Å². The molecular weight excluding hydrogens is 522 g/mol. The van der Waals surface area contributed by atoms with Crippen LogP contribution in [0.2, 0.25) is 0 Å². The molecule has 0 saturated heterocycles. The Balaban J connectivity index is 1.78. The molecule has 0 unspecified atom stereocenters. The summed E-state index contributed by atoms with van der Waals surface area (Å²) in [6, 6.07) is 15.9. The van der Waals surface area contributed by atoms with E-state index in [0.717, 1.165) is 0 Å². The molecular formula is C26H16F6O2S2. The second kappa shape index (κ2) is 10.8. The van der Waals surface area contributed by atoms with Gasteiger partial charge in [0.05, 0.1) is 0 Å². The van der Waals surface area contributed by atoms with Gasteiger partial charge in [0, 0.05) is 11.1 Å². The lowest BCUT2D eigenvalue weighted by molar-refractivity contribution is 0.398. The molecule has 186 valence electrons. The Hall–Kier alpha value is -3.24. The third kappa shape index (κ3) is 5.01. The molecule has 0 amide bonds. The highest BCUT2D eigenvalue weighted by Gasteiger charge is 2.29. The minimum absolute atomic E-state index is 0.209. The highest BCUT2D eigenvalue weighted by Crippen LogP contribution is 2.51. The van der Waals surface area contributed by atoms with Crippen LogP contribution in [0, 0.1) is 48.8 Å². The Labute approximate surface area is 210 Å². The second-order valence-electron chi connectivity index (χ2n) is 7.45. The van der Waals surface area contributed by atoms with E-state index in [1.54, 1.807) is 36.4 Å². The molecule has 0 atom stereocenters.